The monoisotopic (exact) mass is 479 g/mol. The van der Waals surface area contributed by atoms with E-state index in [1.54, 1.807) is 31.3 Å². The summed E-state index contributed by atoms with van der Waals surface area (Å²) in [5.74, 6) is -1.08. The summed E-state index contributed by atoms with van der Waals surface area (Å²) in [6.07, 6.45) is 0. The van der Waals surface area contributed by atoms with Crippen LogP contribution in [0.25, 0.3) is 0 Å². The minimum absolute atomic E-state index is 0.139. The third-order valence-electron chi connectivity index (χ3n) is 4.65. The summed E-state index contributed by atoms with van der Waals surface area (Å²) in [5.41, 5.74) is 0.137. The zero-order chi connectivity index (χ0) is 24.8. The molecule has 0 aromatic heterocycles. The van der Waals surface area contributed by atoms with E-state index in [4.69, 9.17) is 12.2 Å². The van der Waals surface area contributed by atoms with Crippen molar-refractivity contribution >= 4 is 51.9 Å². The van der Waals surface area contributed by atoms with Gasteiger partial charge in [-0.2, -0.15) is 0 Å². The average Bonchev–Trinajstić information content (AvgIpc) is 2.83. The van der Waals surface area contributed by atoms with Gasteiger partial charge in [-0.1, -0.05) is 18.2 Å². The minimum Gasteiger partial charge on any atom is -0.332 e. The Bertz CT molecular complexity index is 1250. The number of nitrogens with one attached hydrogen (secondary N) is 2. The molecule has 2 N–H and O–H groups in total. The fourth-order valence-electron chi connectivity index (χ4n) is 2.93. The van der Waals surface area contributed by atoms with Crippen LogP contribution in [-0.2, 0) is 0 Å². The van der Waals surface area contributed by atoms with Gasteiger partial charge in [-0.25, -0.2) is 0 Å². The Balaban J connectivity index is 1.66. The third-order valence-corrected chi connectivity index (χ3v) is 4.86. The van der Waals surface area contributed by atoms with E-state index in [9.17, 15) is 29.8 Å². The third kappa shape index (κ3) is 5.75. The van der Waals surface area contributed by atoms with Crippen molar-refractivity contribution < 1.29 is 19.4 Å². The standard InChI is InChI=1S/C22H17N5O6S/c1-25(17-5-3-2-4-6-17)21(29)14-7-9-16(10-8-14)23-22(34)24-20(28)15-11-18(26(30)31)13-19(12-15)27(32)33/h2-13H,1H3,(H2,23,24,28,34). The maximum absolute atomic E-state index is 12.7. The SMILES string of the molecule is CN(C(=O)c1ccc(NC(=S)NC(=O)c2cc([N+](=O)[O-])cc([N+](=O)[O-])c2)cc1)c1ccccc1. The van der Waals surface area contributed by atoms with Crippen molar-refractivity contribution in [1.29, 1.82) is 0 Å². The molecule has 11 nitrogen and oxygen atoms in total. The Morgan fingerprint density at radius 1 is 0.853 bits per heavy atom. The van der Waals surface area contributed by atoms with Gasteiger partial charge in [0.1, 0.15) is 0 Å². The second kappa shape index (κ2) is 10.3. The number of rotatable bonds is 6. The number of anilines is 2. The molecule has 0 radical (unpaired) electrons. The number of thiocarbonyl (C=S) groups is 1. The number of hydrogen-bond acceptors (Lipinski definition) is 7. The molecule has 172 valence electrons. The summed E-state index contributed by atoms with van der Waals surface area (Å²) < 4.78 is 0. The Hall–Kier alpha value is -4.71. The number of amides is 2. The van der Waals surface area contributed by atoms with E-state index in [0.29, 0.717) is 11.3 Å². The van der Waals surface area contributed by atoms with Crippen LogP contribution in [0, 0.1) is 20.2 Å². The fraction of sp³-hybridized carbons (Fsp3) is 0.0455. The van der Waals surface area contributed by atoms with E-state index >= 15 is 0 Å². The molecule has 2 amide bonds. The van der Waals surface area contributed by atoms with Crippen LogP contribution in [0.2, 0.25) is 0 Å². The summed E-state index contributed by atoms with van der Waals surface area (Å²) in [7, 11) is 1.66. The van der Waals surface area contributed by atoms with Crippen molar-refractivity contribution in [1.82, 2.24) is 5.32 Å². The Labute approximate surface area is 198 Å². The topological polar surface area (TPSA) is 148 Å². The fourth-order valence-corrected chi connectivity index (χ4v) is 3.14. The second-order valence-corrected chi connectivity index (χ2v) is 7.35. The molecule has 0 atom stereocenters. The summed E-state index contributed by atoms with van der Waals surface area (Å²) in [6.45, 7) is 0. The molecule has 3 aromatic rings. The zero-order valence-electron chi connectivity index (χ0n) is 17.6. The lowest BCUT2D eigenvalue weighted by Crippen LogP contribution is -2.34. The Kier molecular flexibility index (Phi) is 7.23. The number of nitro benzene ring substituents is 2. The molecular weight excluding hydrogens is 462 g/mol. The van der Waals surface area contributed by atoms with Gasteiger partial charge in [0.25, 0.3) is 23.2 Å². The van der Waals surface area contributed by atoms with E-state index in [1.807, 2.05) is 30.3 Å². The van der Waals surface area contributed by atoms with E-state index in [-0.39, 0.29) is 16.6 Å². The van der Waals surface area contributed by atoms with Crippen LogP contribution < -0.4 is 15.5 Å². The van der Waals surface area contributed by atoms with Crippen LogP contribution in [-0.4, -0.2) is 33.8 Å². The van der Waals surface area contributed by atoms with Crippen molar-refractivity contribution in [2.24, 2.45) is 0 Å². The van der Waals surface area contributed by atoms with Crippen LogP contribution in [0.1, 0.15) is 20.7 Å². The molecule has 3 aromatic carbocycles. The molecule has 0 bridgehead atoms. The smallest absolute Gasteiger partial charge is 0.277 e. The molecule has 0 heterocycles. The second-order valence-electron chi connectivity index (χ2n) is 6.94. The van der Waals surface area contributed by atoms with Crippen LogP contribution in [0.3, 0.4) is 0 Å². The summed E-state index contributed by atoms with van der Waals surface area (Å²) >= 11 is 5.08. The maximum atomic E-state index is 12.7. The number of para-hydroxylation sites is 1. The maximum Gasteiger partial charge on any atom is 0.277 e. The van der Waals surface area contributed by atoms with Crippen molar-refractivity contribution in [2.45, 2.75) is 0 Å². The predicted octanol–water partition coefficient (Wildman–Crippen LogP) is 3.91. The van der Waals surface area contributed by atoms with Gasteiger partial charge in [0.15, 0.2) is 5.11 Å². The molecule has 0 fully saturated rings. The van der Waals surface area contributed by atoms with Gasteiger partial charge < -0.3 is 10.2 Å². The largest absolute Gasteiger partial charge is 0.332 e. The highest BCUT2D eigenvalue weighted by Gasteiger charge is 2.20. The lowest BCUT2D eigenvalue weighted by molar-refractivity contribution is -0.394. The summed E-state index contributed by atoms with van der Waals surface area (Å²) in [5, 5.41) is 26.9. The summed E-state index contributed by atoms with van der Waals surface area (Å²) in [6, 6.07) is 18.0. The molecular formula is C22H17N5O6S. The van der Waals surface area contributed by atoms with Crippen LogP contribution >= 0.6 is 12.2 Å². The zero-order valence-corrected chi connectivity index (χ0v) is 18.4. The first kappa shape index (κ1) is 23.9. The predicted molar refractivity (Wildman–Crippen MR) is 129 cm³/mol. The molecule has 0 saturated heterocycles. The molecule has 0 aliphatic rings. The molecule has 0 saturated carbocycles. The molecule has 0 aliphatic carbocycles. The van der Waals surface area contributed by atoms with E-state index in [1.165, 1.54) is 4.90 Å². The highest BCUT2D eigenvalue weighted by molar-refractivity contribution is 7.80. The van der Waals surface area contributed by atoms with Crippen molar-refractivity contribution in [3.8, 4) is 0 Å². The summed E-state index contributed by atoms with van der Waals surface area (Å²) in [4.78, 5) is 46.9. The van der Waals surface area contributed by atoms with Crippen molar-refractivity contribution in [3.05, 3.63) is 104 Å². The lowest BCUT2D eigenvalue weighted by Gasteiger charge is -2.17. The van der Waals surface area contributed by atoms with Crippen LogP contribution in [0.4, 0.5) is 22.7 Å². The first-order valence-corrected chi connectivity index (χ1v) is 10.1. The number of non-ortho nitro benzene ring substituents is 2. The number of nitro groups is 2. The first-order chi connectivity index (χ1) is 16.2. The van der Waals surface area contributed by atoms with Crippen LogP contribution in [0.5, 0.6) is 0 Å². The number of carbonyl (C=O) groups is 2. The molecule has 34 heavy (non-hydrogen) atoms. The van der Waals surface area contributed by atoms with Gasteiger partial charge in [-0.15, -0.1) is 0 Å². The van der Waals surface area contributed by atoms with E-state index < -0.39 is 27.1 Å². The molecule has 12 heteroatoms. The highest BCUT2D eigenvalue weighted by Crippen LogP contribution is 2.23. The number of nitrogens with zero attached hydrogens (tertiary/aromatic N) is 3. The quantitative estimate of drug-likeness (QED) is 0.307. The molecule has 0 aliphatic heterocycles. The molecule has 3 rings (SSSR count). The van der Waals surface area contributed by atoms with Crippen LogP contribution in [0.15, 0.2) is 72.8 Å². The minimum atomic E-state index is -0.861. The number of benzene rings is 3. The lowest BCUT2D eigenvalue weighted by atomic mass is 10.1. The molecule has 0 unspecified atom stereocenters. The highest BCUT2D eigenvalue weighted by atomic mass is 32.1. The Morgan fingerprint density at radius 2 is 1.41 bits per heavy atom. The normalized spacial score (nSPS) is 10.1. The number of carbonyl (C=O) groups excluding carboxylic acids is 2. The van der Waals surface area contributed by atoms with Gasteiger partial charge in [-0.05, 0) is 48.6 Å². The van der Waals surface area contributed by atoms with Gasteiger partial charge in [0.05, 0.1) is 21.5 Å². The van der Waals surface area contributed by atoms with Gasteiger partial charge in [0, 0.05) is 36.1 Å². The van der Waals surface area contributed by atoms with Gasteiger partial charge >= 0.3 is 0 Å². The Morgan fingerprint density at radius 3 is 1.94 bits per heavy atom. The van der Waals surface area contributed by atoms with Gasteiger partial charge in [-0.3, -0.25) is 35.1 Å². The van der Waals surface area contributed by atoms with Crippen molar-refractivity contribution in [2.75, 3.05) is 17.3 Å². The van der Waals surface area contributed by atoms with Crippen molar-refractivity contribution in [3.63, 3.8) is 0 Å². The van der Waals surface area contributed by atoms with Gasteiger partial charge in [0.2, 0.25) is 0 Å². The molecule has 0 spiro atoms. The first-order valence-electron chi connectivity index (χ1n) is 9.65. The van der Waals surface area contributed by atoms with E-state index in [2.05, 4.69) is 10.6 Å². The number of hydrogen-bond donors (Lipinski definition) is 2. The average molecular weight is 479 g/mol. The van der Waals surface area contributed by atoms with E-state index in [0.717, 1.165) is 23.9 Å².